The molecule has 2 aromatic rings. The number of halogens is 1. The minimum absolute atomic E-state index is 0.204. The van der Waals surface area contributed by atoms with Gasteiger partial charge >= 0.3 is 6.09 Å². The summed E-state index contributed by atoms with van der Waals surface area (Å²) in [5, 5.41) is 3.00. The molecular formula is C21H26ClN3O2. The number of carbonyl (C=O) groups is 1. The molecule has 144 valence electrons. The van der Waals surface area contributed by atoms with E-state index in [1.807, 2.05) is 31.9 Å². The smallest absolute Gasteiger partial charge is 0.410 e. The lowest BCUT2D eigenvalue weighted by atomic mass is 9.94. The fraction of sp³-hybridized carbons (Fsp3) is 0.524. The molecule has 6 heteroatoms. The summed E-state index contributed by atoms with van der Waals surface area (Å²) in [5.41, 5.74) is 1.95. The molecule has 0 N–H and O–H groups in total. The van der Waals surface area contributed by atoms with Gasteiger partial charge in [-0.2, -0.15) is 0 Å². The third-order valence-electron chi connectivity index (χ3n) is 5.41. The molecule has 4 rings (SSSR count). The molecule has 27 heavy (non-hydrogen) atoms. The number of hydrogen-bond donors (Lipinski definition) is 0. The Hall–Kier alpha value is -2.01. The highest BCUT2D eigenvalue weighted by Crippen LogP contribution is 2.38. The largest absolute Gasteiger partial charge is 0.444 e. The molecule has 1 aromatic heterocycles. The lowest BCUT2D eigenvalue weighted by Crippen LogP contribution is -2.49. The molecule has 3 heterocycles. The van der Waals surface area contributed by atoms with Crippen molar-refractivity contribution >= 4 is 34.2 Å². The number of benzene rings is 1. The number of anilines is 1. The van der Waals surface area contributed by atoms with Crippen LogP contribution in [0.1, 0.15) is 39.2 Å². The summed E-state index contributed by atoms with van der Waals surface area (Å²) in [7, 11) is 0. The lowest BCUT2D eigenvalue weighted by Gasteiger charge is -2.42. The first kappa shape index (κ1) is 18.4. The van der Waals surface area contributed by atoms with E-state index in [2.05, 4.69) is 28.1 Å². The van der Waals surface area contributed by atoms with Crippen molar-refractivity contribution in [2.45, 2.75) is 51.7 Å². The monoisotopic (exact) mass is 387 g/mol. The molecule has 5 nitrogen and oxygen atoms in total. The number of ether oxygens (including phenoxy) is 1. The van der Waals surface area contributed by atoms with E-state index in [4.69, 9.17) is 16.3 Å². The minimum Gasteiger partial charge on any atom is -0.444 e. The second kappa shape index (κ2) is 6.86. The Balaban J connectivity index is 1.52. The molecule has 2 aliphatic heterocycles. The normalized spacial score (nSPS) is 18.1. The Bertz CT molecular complexity index is 870. The minimum atomic E-state index is -0.451. The van der Waals surface area contributed by atoms with Crippen molar-refractivity contribution in [3.63, 3.8) is 0 Å². The van der Waals surface area contributed by atoms with Gasteiger partial charge < -0.3 is 14.5 Å². The summed E-state index contributed by atoms with van der Waals surface area (Å²) in [6.45, 7) is 8.12. The molecule has 0 spiro atoms. The molecule has 0 aliphatic carbocycles. The molecular weight excluding hydrogens is 362 g/mol. The number of rotatable bonds is 1. The highest BCUT2D eigenvalue weighted by molar-refractivity contribution is 6.31. The van der Waals surface area contributed by atoms with Gasteiger partial charge in [0.15, 0.2) is 0 Å². The maximum Gasteiger partial charge on any atom is 0.410 e. The van der Waals surface area contributed by atoms with Crippen LogP contribution < -0.4 is 4.90 Å². The van der Waals surface area contributed by atoms with Crippen molar-refractivity contribution in [1.29, 1.82) is 0 Å². The van der Waals surface area contributed by atoms with Gasteiger partial charge in [0.2, 0.25) is 0 Å². The number of piperidine rings is 1. The van der Waals surface area contributed by atoms with E-state index in [-0.39, 0.29) is 6.09 Å². The van der Waals surface area contributed by atoms with Crippen LogP contribution in [0.5, 0.6) is 0 Å². The molecule has 0 unspecified atom stereocenters. The van der Waals surface area contributed by atoms with Crippen molar-refractivity contribution in [1.82, 2.24) is 9.88 Å². The van der Waals surface area contributed by atoms with Crippen LogP contribution in [0.2, 0.25) is 5.15 Å². The Kier molecular flexibility index (Phi) is 4.66. The summed E-state index contributed by atoms with van der Waals surface area (Å²) in [5.74, 6) is 0. The van der Waals surface area contributed by atoms with E-state index in [1.54, 1.807) is 0 Å². The van der Waals surface area contributed by atoms with E-state index in [0.29, 0.717) is 11.2 Å². The third-order valence-corrected chi connectivity index (χ3v) is 5.74. The van der Waals surface area contributed by atoms with Crippen LogP contribution >= 0.6 is 11.6 Å². The SMILES string of the molecule is CC(C)(C)OC(=O)N1CCC(N2CCc3c(Cl)ncc4cccc2c34)CC1. The zero-order chi connectivity index (χ0) is 19.2. The fourth-order valence-electron chi connectivity index (χ4n) is 4.19. The molecule has 1 aromatic carbocycles. The van der Waals surface area contributed by atoms with Crippen LogP contribution in [0.3, 0.4) is 0 Å². The number of hydrogen-bond acceptors (Lipinski definition) is 4. The highest BCUT2D eigenvalue weighted by atomic mass is 35.5. The van der Waals surface area contributed by atoms with Crippen molar-refractivity contribution in [2.75, 3.05) is 24.5 Å². The standard InChI is InChI=1S/C21H26ClN3O2/c1-21(2,3)27-20(26)24-10-7-15(8-11-24)25-12-9-16-18-14(13-23-19(16)22)5-4-6-17(18)25/h4-6,13,15H,7-12H2,1-3H3. The first-order valence-corrected chi connectivity index (χ1v) is 10.0. The zero-order valence-corrected chi connectivity index (χ0v) is 16.9. The average molecular weight is 388 g/mol. The van der Waals surface area contributed by atoms with E-state index in [9.17, 15) is 4.79 Å². The number of aromatic nitrogens is 1. The first-order valence-electron chi connectivity index (χ1n) is 9.64. The van der Waals surface area contributed by atoms with E-state index in [1.165, 1.54) is 11.1 Å². The topological polar surface area (TPSA) is 45.7 Å². The molecule has 1 amide bonds. The van der Waals surface area contributed by atoms with Crippen LogP contribution in [0, 0.1) is 0 Å². The lowest BCUT2D eigenvalue weighted by molar-refractivity contribution is 0.0204. The average Bonchev–Trinajstić information content (AvgIpc) is 2.63. The second-order valence-corrected chi connectivity index (χ2v) is 8.77. The van der Waals surface area contributed by atoms with Crippen molar-refractivity contribution in [3.05, 3.63) is 35.1 Å². The van der Waals surface area contributed by atoms with Gasteiger partial charge in [0.25, 0.3) is 0 Å². The van der Waals surface area contributed by atoms with Gasteiger partial charge in [0.05, 0.1) is 0 Å². The molecule has 1 fully saturated rings. The van der Waals surface area contributed by atoms with Crippen molar-refractivity contribution in [3.8, 4) is 0 Å². The number of carbonyl (C=O) groups excluding carboxylic acids is 1. The van der Waals surface area contributed by atoms with Crippen LogP contribution in [-0.2, 0) is 11.2 Å². The van der Waals surface area contributed by atoms with Gasteiger partial charge in [0, 0.05) is 53.9 Å². The maximum atomic E-state index is 12.3. The second-order valence-electron chi connectivity index (χ2n) is 8.41. The first-order chi connectivity index (χ1) is 12.8. The summed E-state index contributed by atoms with van der Waals surface area (Å²) < 4.78 is 5.52. The number of pyridine rings is 1. The zero-order valence-electron chi connectivity index (χ0n) is 16.2. The third kappa shape index (κ3) is 3.57. The van der Waals surface area contributed by atoms with E-state index >= 15 is 0 Å². The predicted molar refractivity (Wildman–Crippen MR) is 109 cm³/mol. The Morgan fingerprint density at radius 1 is 1.22 bits per heavy atom. The molecule has 0 atom stereocenters. The van der Waals surface area contributed by atoms with Gasteiger partial charge in [-0.1, -0.05) is 23.7 Å². The molecule has 1 saturated heterocycles. The van der Waals surface area contributed by atoms with Gasteiger partial charge in [-0.25, -0.2) is 9.78 Å². The number of amides is 1. The fourth-order valence-corrected chi connectivity index (χ4v) is 4.42. The Morgan fingerprint density at radius 3 is 2.67 bits per heavy atom. The summed E-state index contributed by atoms with van der Waals surface area (Å²) in [6.07, 6.45) is 4.46. The van der Waals surface area contributed by atoms with Gasteiger partial charge in [-0.3, -0.25) is 0 Å². The van der Waals surface area contributed by atoms with Crippen LogP contribution in [0.15, 0.2) is 24.4 Å². The molecule has 0 saturated carbocycles. The summed E-state index contributed by atoms with van der Waals surface area (Å²) in [4.78, 5) is 21.0. The Morgan fingerprint density at radius 2 is 1.96 bits per heavy atom. The van der Waals surface area contributed by atoms with Gasteiger partial charge in [-0.15, -0.1) is 0 Å². The quantitative estimate of drug-likeness (QED) is 0.668. The Labute approximate surface area is 165 Å². The number of nitrogens with zero attached hydrogens (tertiary/aromatic N) is 3. The van der Waals surface area contributed by atoms with Gasteiger partial charge in [0.1, 0.15) is 10.8 Å². The van der Waals surface area contributed by atoms with Crippen LogP contribution in [0.4, 0.5) is 10.5 Å². The number of likely N-dealkylation sites (tertiary alicyclic amines) is 1. The van der Waals surface area contributed by atoms with Crippen LogP contribution in [0.25, 0.3) is 10.8 Å². The highest BCUT2D eigenvalue weighted by Gasteiger charge is 2.32. The molecule has 2 aliphatic rings. The maximum absolute atomic E-state index is 12.3. The summed E-state index contributed by atoms with van der Waals surface area (Å²) >= 11 is 6.36. The van der Waals surface area contributed by atoms with Crippen LogP contribution in [-0.4, -0.2) is 47.3 Å². The van der Waals surface area contributed by atoms with Gasteiger partial charge in [-0.05, 0) is 46.1 Å². The van der Waals surface area contributed by atoms with E-state index in [0.717, 1.165) is 49.8 Å². The molecule has 0 radical (unpaired) electrons. The van der Waals surface area contributed by atoms with Crippen molar-refractivity contribution < 1.29 is 9.53 Å². The predicted octanol–water partition coefficient (Wildman–Crippen LogP) is 4.65. The summed E-state index contributed by atoms with van der Waals surface area (Å²) in [6, 6.07) is 6.79. The van der Waals surface area contributed by atoms with Crippen molar-refractivity contribution in [2.24, 2.45) is 0 Å². The van der Waals surface area contributed by atoms with E-state index < -0.39 is 5.60 Å². The molecule has 0 bridgehead atoms.